The Morgan fingerprint density at radius 2 is 1.68 bits per heavy atom. The topological polar surface area (TPSA) is 29.1 Å². The van der Waals surface area contributed by atoms with E-state index in [-0.39, 0.29) is 11.3 Å². The van der Waals surface area contributed by atoms with Gasteiger partial charge < -0.3 is 5.32 Å². The van der Waals surface area contributed by atoms with Crippen molar-refractivity contribution in [2.75, 3.05) is 6.54 Å². The van der Waals surface area contributed by atoms with Crippen molar-refractivity contribution in [1.29, 1.82) is 0 Å². The highest BCUT2D eigenvalue weighted by molar-refractivity contribution is 6.21. The van der Waals surface area contributed by atoms with Crippen molar-refractivity contribution in [3.05, 3.63) is 34.9 Å². The summed E-state index contributed by atoms with van der Waals surface area (Å²) in [7, 11) is 0. The molecule has 0 saturated heterocycles. The van der Waals surface area contributed by atoms with Crippen molar-refractivity contribution < 1.29 is 4.79 Å². The van der Waals surface area contributed by atoms with E-state index in [4.69, 9.17) is 11.6 Å². The first kappa shape index (κ1) is 16.0. The Balaban J connectivity index is 2.60. The van der Waals surface area contributed by atoms with Crippen molar-refractivity contribution in [1.82, 2.24) is 5.32 Å². The van der Waals surface area contributed by atoms with Gasteiger partial charge in [-0.1, -0.05) is 43.9 Å². The minimum absolute atomic E-state index is 0.00450. The molecule has 1 aromatic rings. The molecule has 0 aromatic heterocycles. The Kier molecular flexibility index (Phi) is 6.36. The highest BCUT2D eigenvalue weighted by atomic mass is 35.5. The molecule has 0 aliphatic carbocycles. The van der Waals surface area contributed by atoms with E-state index in [2.05, 4.69) is 25.2 Å². The van der Waals surface area contributed by atoms with Gasteiger partial charge in [-0.05, 0) is 31.9 Å². The van der Waals surface area contributed by atoms with Crippen LogP contribution < -0.4 is 5.32 Å². The quantitative estimate of drug-likeness (QED) is 0.782. The van der Waals surface area contributed by atoms with Crippen molar-refractivity contribution >= 4 is 17.5 Å². The predicted octanol–water partition coefficient (Wildman–Crippen LogP) is 4.08. The van der Waals surface area contributed by atoms with Crippen LogP contribution in [-0.4, -0.2) is 17.8 Å². The molecule has 1 unspecified atom stereocenters. The molecule has 3 heteroatoms. The first-order valence-electron chi connectivity index (χ1n) is 6.98. The number of nitrogens with one attached hydrogen (secondary N) is 1. The molecule has 106 valence electrons. The summed E-state index contributed by atoms with van der Waals surface area (Å²) in [6, 6.07) is 5.87. The molecule has 0 aliphatic rings. The Labute approximate surface area is 121 Å². The number of hydrogen-bond acceptors (Lipinski definition) is 1. The largest absolute Gasteiger partial charge is 0.351 e. The number of rotatable bonds is 6. The van der Waals surface area contributed by atoms with Crippen LogP contribution >= 0.6 is 11.6 Å². The zero-order valence-corrected chi connectivity index (χ0v) is 13.1. The van der Waals surface area contributed by atoms with E-state index in [0.29, 0.717) is 18.0 Å². The molecular formula is C16H24ClNO. The van der Waals surface area contributed by atoms with Crippen molar-refractivity contribution in [3.63, 3.8) is 0 Å². The van der Waals surface area contributed by atoms with Crippen LogP contribution in [0.2, 0.25) is 0 Å². The third-order valence-electron chi connectivity index (χ3n) is 3.50. The molecule has 0 heterocycles. The number of benzene rings is 1. The molecule has 0 aliphatic heterocycles. The van der Waals surface area contributed by atoms with Crippen LogP contribution in [0.25, 0.3) is 0 Å². The summed E-state index contributed by atoms with van der Waals surface area (Å²) in [5.41, 5.74) is 2.92. The Hall–Kier alpha value is -1.02. The van der Waals surface area contributed by atoms with Crippen LogP contribution in [0.5, 0.6) is 0 Å². The van der Waals surface area contributed by atoms with Gasteiger partial charge in [-0.25, -0.2) is 0 Å². The Morgan fingerprint density at radius 1 is 1.16 bits per heavy atom. The van der Waals surface area contributed by atoms with E-state index in [1.807, 2.05) is 26.0 Å². The second-order valence-electron chi connectivity index (χ2n) is 5.18. The Morgan fingerprint density at radius 3 is 2.16 bits per heavy atom. The first-order valence-corrected chi connectivity index (χ1v) is 7.42. The minimum atomic E-state index is -0.0385. The lowest BCUT2D eigenvalue weighted by atomic mass is 9.99. The van der Waals surface area contributed by atoms with Crippen LogP contribution in [0.1, 0.15) is 48.2 Å². The van der Waals surface area contributed by atoms with Crippen molar-refractivity contribution in [2.45, 2.75) is 45.9 Å². The maximum Gasteiger partial charge on any atom is 0.251 e. The van der Waals surface area contributed by atoms with Gasteiger partial charge in [0.1, 0.15) is 0 Å². The van der Waals surface area contributed by atoms with Gasteiger partial charge in [0.15, 0.2) is 0 Å². The van der Waals surface area contributed by atoms with Gasteiger partial charge in [-0.3, -0.25) is 4.79 Å². The van der Waals surface area contributed by atoms with E-state index in [0.717, 1.165) is 24.0 Å². The molecule has 1 amide bonds. The average Bonchev–Trinajstić information content (AvgIpc) is 2.36. The SMILES string of the molecule is CCC(CC)C(Cl)CNC(=O)c1cc(C)cc(C)c1. The third kappa shape index (κ3) is 4.87. The van der Waals surface area contributed by atoms with Crippen molar-refractivity contribution in [3.8, 4) is 0 Å². The molecule has 2 nitrogen and oxygen atoms in total. The molecule has 1 N–H and O–H groups in total. The van der Waals surface area contributed by atoms with Gasteiger partial charge in [0.25, 0.3) is 5.91 Å². The smallest absolute Gasteiger partial charge is 0.251 e. The van der Waals surface area contributed by atoms with Crippen molar-refractivity contribution in [2.24, 2.45) is 5.92 Å². The second-order valence-corrected chi connectivity index (χ2v) is 5.74. The third-order valence-corrected chi connectivity index (χ3v) is 4.01. The summed E-state index contributed by atoms with van der Waals surface area (Å²) in [6.45, 7) is 8.79. The number of halogens is 1. The summed E-state index contributed by atoms with van der Waals surface area (Å²) in [6.07, 6.45) is 2.09. The van der Waals surface area contributed by atoms with Gasteiger partial charge in [-0.2, -0.15) is 0 Å². The first-order chi connectivity index (χ1) is 8.97. The normalized spacial score (nSPS) is 12.5. The molecule has 0 fully saturated rings. The number of carbonyl (C=O) groups excluding carboxylic acids is 1. The van der Waals surface area contributed by atoms with E-state index >= 15 is 0 Å². The molecule has 1 rings (SSSR count). The standard InChI is InChI=1S/C16H24ClNO/c1-5-13(6-2)15(17)10-18-16(19)14-8-11(3)7-12(4)9-14/h7-9,13,15H,5-6,10H2,1-4H3,(H,18,19). The monoisotopic (exact) mass is 281 g/mol. The van der Waals surface area contributed by atoms with Gasteiger partial charge in [0.05, 0.1) is 5.38 Å². The van der Waals surface area contributed by atoms with Crippen LogP contribution in [0.4, 0.5) is 0 Å². The van der Waals surface area contributed by atoms with Gasteiger partial charge >= 0.3 is 0 Å². The van der Waals surface area contributed by atoms with E-state index in [1.165, 1.54) is 0 Å². The molecule has 19 heavy (non-hydrogen) atoms. The fraction of sp³-hybridized carbons (Fsp3) is 0.562. The molecule has 1 aromatic carbocycles. The average molecular weight is 282 g/mol. The fourth-order valence-corrected chi connectivity index (χ4v) is 2.80. The zero-order valence-electron chi connectivity index (χ0n) is 12.3. The molecule has 0 spiro atoms. The zero-order chi connectivity index (χ0) is 14.4. The van der Waals surface area contributed by atoms with Crippen LogP contribution in [0, 0.1) is 19.8 Å². The van der Waals surface area contributed by atoms with Gasteiger partial charge in [0.2, 0.25) is 0 Å². The lowest BCUT2D eigenvalue weighted by Gasteiger charge is -2.19. The maximum absolute atomic E-state index is 12.1. The van der Waals surface area contributed by atoms with Crippen LogP contribution in [0.3, 0.4) is 0 Å². The molecular weight excluding hydrogens is 258 g/mol. The summed E-state index contributed by atoms with van der Waals surface area (Å²) in [5, 5.41) is 2.94. The fourth-order valence-electron chi connectivity index (χ4n) is 2.36. The van der Waals surface area contributed by atoms with Crippen LogP contribution in [0.15, 0.2) is 18.2 Å². The van der Waals surface area contributed by atoms with Gasteiger partial charge in [-0.15, -0.1) is 11.6 Å². The lowest BCUT2D eigenvalue weighted by molar-refractivity contribution is 0.0951. The van der Waals surface area contributed by atoms with Crippen LogP contribution in [-0.2, 0) is 0 Å². The lowest BCUT2D eigenvalue weighted by Crippen LogP contribution is -2.33. The predicted molar refractivity (Wildman–Crippen MR) is 82.0 cm³/mol. The maximum atomic E-state index is 12.1. The number of alkyl halides is 1. The molecule has 0 radical (unpaired) electrons. The Bertz CT molecular complexity index is 407. The summed E-state index contributed by atoms with van der Waals surface area (Å²) >= 11 is 6.33. The van der Waals surface area contributed by atoms with Gasteiger partial charge in [0, 0.05) is 12.1 Å². The van der Waals surface area contributed by atoms with E-state index < -0.39 is 0 Å². The molecule has 1 atom stereocenters. The highest BCUT2D eigenvalue weighted by Crippen LogP contribution is 2.18. The summed E-state index contributed by atoms with van der Waals surface area (Å²) in [5.74, 6) is 0.421. The second kappa shape index (κ2) is 7.54. The minimum Gasteiger partial charge on any atom is -0.351 e. The molecule has 0 saturated carbocycles. The number of carbonyl (C=O) groups is 1. The highest BCUT2D eigenvalue weighted by Gasteiger charge is 2.17. The number of aryl methyl sites for hydroxylation is 2. The number of hydrogen-bond donors (Lipinski definition) is 1. The van der Waals surface area contributed by atoms with E-state index in [9.17, 15) is 4.79 Å². The molecule has 0 bridgehead atoms. The van der Waals surface area contributed by atoms with E-state index in [1.54, 1.807) is 0 Å². The summed E-state index contributed by atoms with van der Waals surface area (Å²) in [4.78, 5) is 12.1. The summed E-state index contributed by atoms with van der Waals surface area (Å²) < 4.78 is 0. The number of amides is 1.